The fourth-order valence-electron chi connectivity index (χ4n) is 2.63. The zero-order valence-electron chi connectivity index (χ0n) is 15.0. The molecule has 1 aliphatic heterocycles. The maximum Gasteiger partial charge on any atom is 0.387 e. The van der Waals surface area contributed by atoms with E-state index in [9.17, 15) is 8.78 Å². The van der Waals surface area contributed by atoms with Crippen LogP contribution in [0.1, 0.15) is 24.0 Å². The van der Waals surface area contributed by atoms with Gasteiger partial charge in [-0.05, 0) is 34.4 Å². The SMILES string of the molecule is CN=C(NCc1cc2c(cc1OC(F)F)OCO2)NCC(C)c1ccsc1. The highest BCUT2D eigenvalue weighted by atomic mass is 32.1. The largest absolute Gasteiger partial charge is 0.454 e. The van der Waals surface area contributed by atoms with Crippen molar-refractivity contribution in [1.82, 2.24) is 10.6 Å². The Morgan fingerprint density at radius 2 is 2.07 bits per heavy atom. The molecule has 0 fully saturated rings. The molecule has 1 aromatic heterocycles. The van der Waals surface area contributed by atoms with Crippen LogP contribution in [0.25, 0.3) is 0 Å². The van der Waals surface area contributed by atoms with Crippen LogP contribution in [0, 0.1) is 0 Å². The van der Waals surface area contributed by atoms with E-state index in [1.807, 2.05) is 5.38 Å². The van der Waals surface area contributed by atoms with Gasteiger partial charge in [0.2, 0.25) is 6.79 Å². The molecule has 0 amide bonds. The van der Waals surface area contributed by atoms with Crippen LogP contribution in [0.3, 0.4) is 0 Å². The second-order valence-electron chi connectivity index (χ2n) is 5.96. The lowest BCUT2D eigenvalue weighted by Gasteiger charge is -2.17. The number of guanidine groups is 1. The van der Waals surface area contributed by atoms with Gasteiger partial charge in [-0.3, -0.25) is 4.99 Å². The first kappa shape index (κ1) is 19.2. The number of nitrogens with zero attached hydrogens (tertiary/aromatic N) is 1. The number of hydrogen-bond acceptors (Lipinski definition) is 5. The van der Waals surface area contributed by atoms with E-state index in [1.54, 1.807) is 24.5 Å². The van der Waals surface area contributed by atoms with Crippen molar-refractivity contribution in [3.63, 3.8) is 0 Å². The first-order valence-corrected chi connectivity index (χ1v) is 9.35. The van der Waals surface area contributed by atoms with Gasteiger partial charge >= 0.3 is 6.61 Å². The van der Waals surface area contributed by atoms with Crippen LogP contribution in [0.5, 0.6) is 17.2 Å². The molecule has 1 aromatic carbocycles. The summed E-state index contributed by atoms with van der Waals surface area (Å²) in [5.41, 5.74) is 1.78. The van der Waals surface area contributed by atoms with Gasteiger partial charge in [-0.25, -0.2) is 0 Å². The Kier molecular flexibility index (Phi) is 6.33. The van der Waals surface area contributed by atoms with E-state index in [2.05, 4.69) is 38.7 Å². The highest BCUT2D eigenvalue weighted by Crippen LogP contribution is 2.38. The highest BCUT2D eigenvalue weighted by Gasteiger charge is 2.20. The molecule has 0 saturated heterocycles. The van der Waals surface area contributed by atoms with Crippen LogP contribution < -0.4 is 24.8 Å². The van der Waals surface area contributed by atoms with Gasteiger partial charge in [0.25, 0.3) is 0 Å². The third kappa shape index (κ3) is 5.00. The molecule has 0 saturated carbocycles. The number of hydrogen-bond donors (Lipinski definition) is 2. The molecule has 9 heteroatoms. The van der Waals surface area contributed by atoms with Crippen molar-refractivity contribution in [3.8, 4) is 17.2 Å². The summed E-state index contributed by atoms with van der Waals surface area (Å²) in [6.07, 6.45) is 0. The molecule has 27 heavy (non-hydrogen) atoms. The third-order valence-corrected chi connectivity index (χ3v) is 4.83. The first-order chi connectivity index (χ1) is 13.1. The molecule has 6 nitrogen and oxygen atoms in total. The van der Waals surface area contributed by atoms with Crippen LogP contribution in [0.2, 0.25) is 0 Å². The number of aliphatic imine (C=N–C) groups is 1. The Morgan fingerprint density at radius 3 is 2.74 bits per heavy atom. The Hall–Kier alpha value is -2.55. The number of ether oxygens (including phenoxy) is 3. The van der Waals surface area contributed by atoms with Crippen molar-refractivity contribution < 1.29 is 23.0 Å². The van der Waals surface area contributed by atoms with Gasteiger partial charge in [-0.1, -0.05) is 6.92 Å². The lowest BCUT2D eigenvalue weighted by atomic mass is 10.1. The van der Waals surface area contributed by atoms with Crippen molar-refractivity contribution in [2.24, 2.45) is 4.99 Å². The summed E-state index contributed by atoms with van der Waals surface area (Å²) in [5.74, 6) is 1.82. The van der Waals surface area contributed by atoms with E-state index in [0.717, 1.165) is 0 Å². The molecule has 1 unspecified atom stereocenters. The zero-order chi connectivity index (χ0) is 19.2. The van der Waals surface area contributed by atoms with Crippen molar-refractivity contribution in [2.45, 2.75) is 26.0 Å². The average molecular weight is 397 g/mol. The van der Waals surface area contributed by atoms with Gasteiger partial charge in [0.05, 0.1) is 0 Å². The lowest BCUT2D eigenvalue weighted by Crippen LogP contribution is -2.38. The normalized spacial score (nSPS) is 14.3. The van der Waals surface area contributed by atoms with Gasteiger partial charge in [0.1, 0.15) is 5.75 Å². The minimum atomic E-state index is -2.92. The van der Waals surface area contributed by atoms with Gasteiger partial charge in [0, 0.05) is 31.8 Å². The summed E-state index contributed by atoms with van der Waals surface area (Å²) in [5, 5.41) is 10.5. The average Bonchev–Trinajstić information content (AvgIpc) is 3.32. The Balaban J connectivity index is 1.62. The van der Waals surface area contributed by atoms with Crippen LogP contribution in [0.4, 0.5) is 8.78 Å². The molecular weight excluding hydrogens is 376 g/mol. The predicted octanol–water partition coefficient (Wildman–Crippen LogP) is 3.55. The maximum atomic E-state index is 12.7. The van der Waals surface area contributed by atoms with Crippen molar-refractivity contribution >= 4 is 17.3 Å². The van der Waals surface area contributed by atoms with E-state index in [4.69, 9.17) is 9.47 Å². The molecule has 2 heterocycles. The molecule has 0 spiro atoms. The molecule has 0 radical (unpaired) electrons. The van der Waals surface area contributed by atoms with E-state index in [-0.39, 0.29) is 19.1 Å². The van der Waals surface area contributed by atoms with Crippen molar-refractivity contribution in [3.05, 3.63) is 40.1 Å². The number of alkyl halides is 2. The van der Waals surface area contributed by atoms with Crippen molar-refractivity contribution in [1.29, 1.82) is 0 Å². The summed E-state index contributed by atoms with van der Waals surface area (Å²) in [6.45, 7) is 0.190. The number of fused-ring (bicyclic) bond motifs is 1. The summed E-state index contributed by atoms with van der Waals surface area (Å²) >= 11 is 1.66. The number of benzene rings is 1. The van der Waals surface area contributed by atoms with Crippen LogP contribution in [-0.4, -0.2) is 33.0 Å². The molecular formula is C18H21F2N3O3S. The molecule has 2 aromatic rings. The summed E-state index contributed by atoms with van der Waals surface area (Å²) in [6, 6.07) is 5.14. The topological polar surface area (TPSA) is 64.1 Å². The van der Waals surface area contributed by atoms with Crippen LogP contribution in [-0.2, 0) is 6.54 Å². The Morgan fingerprint density at radius 1 is 1.30 bits per heavy atom. The van der Waals surface area contributed by atoms with E-state index in [1.165, 1.54) is 11.6 Å². The standard InChI is InChI=1S/C18H21F2N3O3S/c1-11(12-3-4-27-9-12)7-22-18(21-2)23-8-13-5-15-16(25-10-24-15)6-14(13)26-17(19)20/h3-6,9,11,17H,7-8,10H2,1-2H3,(H2,21,22,23). The molecule has 1 aliphatic rings. The quantitative estimate of drug-likeness (QED) is 0.553. The minimum Gasteiger partial charge on any atom is -0.454 e. The van der Waals surface area contributed by atoms with Gasteiger partial charge in [-0.15, -0.1) is 0 Å². The molecule has 0 aliphatic carbocycles. The fraction of sp³-hybridized carbons (Fsp3) is 0.389. The number of halogens is 2. The van der Waals surface area contributed by atoms with Gasteiger partial charge in [0.15, 0.2) is 17.5 Å². The van der Waals surface area contributed by atoms with Crippen LogP contribution in [0.15, 0.2) is 34.0 Å². The molecule has 1 atom stereocenters. The molecule has 146 valence electrons. The minimum absolute atomic E-state index is 0.0452. The highest BCUT2D eigenvalue weighted by molar-refractivity contribution is 7.07. The predicted molar refractivity (Wildman–Crippen MR) is 100 cm³/mol. The van der Waals surface area contributed by atoms with E-state index in [0.29, 0.717) is 35.5 Å². The zero-order valence-corrected chi connectivity index (χ0v) is 15.8. The van der Waals surface area contributed by atoms with Crippen LogP contribution >= 0.6 is 11.3 Å². The first-order valence-electron chi connectivity index (χ1n) is 8.40. The fourth-order valence-corrected chi connectivity index (χ4v) is 3.41. The van der Waals surface area contributed by atoms with Gasteiger partial charge < -0.3 is 24.8 Å². The Bertz CT molecular complexity index is 784. The number of nitrogens with one attached hydrogen (secondary N) is 2. The van der Waals surface area contributed by atoms with Crippen molar-refractivity contribution in [2.75, 3.05) is 20.4 Å². The second kappa shape index (κ2) is 8.90. The number of thiophene rings is 1. The number of rotatable bonds is 7. The van der Waals surface area contributed by atoms with Gasteiger partial charge in [-0.2, -0.15) is 20.1 Å². The second-order valence-corrected chi connectivity index (χ2v) is 6.74. The molecule has 0 bridgehead atoms. The monoisotopic (exact) mass is 397 g/mol. The van der Waals surface area contributed by atoms with E-state index >= 15 is 0 Å². The summed E-state index contributed by atoms with van der Waals surface area (Å²) in [4.78, 5) is 4.17. The lowest BCUT2D eigenvalue weighted by molar-refractivity contribution is -0.0505. The third-order valence-electron chi connectivity index (χ3n) is 4.13. The smallest absolute Gasteiger partial charge is 0.387 e. The molecule has 2 N–H and O–H groups in total. The summed E-state index contributed by atoms with van der Waals surface area (Å²) < 4.78 is 40.6. The Labute approximate surface area is 160 Å². The maximum absolute atomic E-state index is 12.7. The molecule has 3 rings (SSSR count). The van der Waals surface area contributed by atoms with E-state index < -0.39 is 6.61 Å². The summed E-state index contributed by atoms with van der Waals surface area (Å²) in [7, 11) is 1.65.